The molecule has 0 atom stereocenters. The first kappa shape index (κ1) is 18.2. The van der Waals surface area contributed by atoms with Gasteiger partial charge in [-0.05, 0) is 35.9 Å². The lowest BCUT2D eigenvalue weighted by molar-refractivity contribution is -0.114. The van der Waals surface area contributed by atoms with Gasteiger partial charge in [0.15, 0.2) is 0 Å². The van der Waals surface area contributed by atoms with Gasteiger partial charge in [-0.25, -0.2) is 0 Å². The van der Waals surface area contributed by atoms with Crippen LogP contribution in [0, 0.1) is 0 Å². The molecule has 27 heavy (non-hydrogen) atoms. The zero-order valence-electron chi connectivity index (χ0n) is 15.0. The molecule has 0 bridgehead atoms. The Morgan fingerprint density at radius 2 is 1.48 bits per heavy atom. The summed E-state index contributed by atoms with van der Waals surface area (Å²) in [6.07, 6.45) is 0. The van der Waals surface area contributed by atoms with Crippen molar-refractivity contribution in [2.75, 3.05) is 24.2 Å². The maximum absolute atomic E-state index is 12.3. The van der Waals surface area contributed by atoms with Crippen LogP contribution in [0.15, 0.2) is 78.9 Å². The van der Waals surface area contributed by atoms with Gasteiger partial charge in [0, 0.05) is 29.5 Å². The summed E-state index contributed by atoms with van der Waals surface area (Å²) in [5, 5.41) is 8.58. The fourth-order valence-electron chi connectivity index (χ4n) is 2.74. The van der Waals surface area contributed by atoms with Gasteiger partial charge in [0.2, 0.25) is 5.91 Å². The monoisotopic (exact) mass is 359 g/mol. The van der Waals surface area contributed by atoms with Gasteiger partial charge in [-0.15, -0.1) is 0 Å². The maximum Gasteiger partial charge on any atom is 0.251 e. The zero-order valence-corrected chi connectivity index (χ0v) is 15.0. The molecule has 3 N–H and O–H groups in total. The number of hydrogen-bond donors (Lipinski definition) is 3. The molecule has 5 heteroatoms. The highest BCUT2D eigenvalue weighted by Gasteiger charge is 2.08. The van der Waals surface area contributed by atoms with Gasteiger partial charge in [0.05, 0.1) is 6.54 Å². The lowest BCUT2D eigenvalue weighted by atomic mass is 10.0. The predicted molar refractivity (Wildman–Crippen MR) is 109 cm³/mol. The van der Waals surface area contributed by atoms with Gasteiger partial charge >= 0.3 is 0 Å². The van der Waals surface area contributed by atoms with E-state index >= 15 is 0 Å². The minimum atomic E-state index is -0.162. The van der Waals surface area contributed by atoms with Crippen LogP contribution in [0.5, 0.6) is 0 Å². The lowest BCUT2D eigenvalue weighted by Gasteiger charge is -2.12. The number of amides is 2. The number of para-hydroxylation sites is 1. The molecule has 0 saturated carbocycles. The van der Waals surface area contributed by atoms with Crippen molar-refractivity contribution in [3.05, 3.63) is 84.4 Å². The van der Waals surface area contributed by atoms with Crippen molar-refractivity contribution >= 4 is 23.2 Å². The molecule has 0 aliphatic rings. The molecule has 3 aromatic carbocycles. The van der Waals surface area contributed by atoms with Crippen LogP contribution < -0.4 is 16.0 Å². The molecule has 0 fully saturated rings. The Labute approximate surface area is 158 Å². The summed E-state index contributed by atoms with van der Waals surface area (Å²) in [7, 11) is 1.58. The molecular formula is C22H21N3O2. The second-order valence-corrected chi connectivity index (χ2v) is 5.97. The number of carbonyl (C=O) groups is 2. The van der Waals surface area contributed by atoms with E-state index in [0.29, 0.717) is 11.3 Å². The smallest absolute Gasteiger partial charge is 0.251 e. The van der Waals surface area contributed by atoms with Crippen LogP contribution in [0.4, 0.5) is 11.4 Å². The summed E-state index contributed by atoms with van der Waals surface area (Å²) >= 11 is 0. The molecule has 0 aliphatic carbocycles. The quantitative estimate of drug-likeness (QED) is 0.627. The molecule has 0 radical (unpaired) electrons. The lowest BCUT2D eigenvalue weighted by Crippen LogP contribution is -2.22. The van der Waals surface area contributed by atoms with Crippen LogP contribution in [0.3, 0.4) is 0 Å². The minimum absolute atomic E-state index is 0.140. The van der Waals surface area contributed by atoms with Crippen LogP contribution in [-0.4, -0.2) is 25.4 Å². The Balaban J connectivity index is 1.62. The molecular weight excluding hydrogens is 338 g/mol. The standard InChI is InChI=1S/C22H21N3O2/c1-23-22(27)17-11-13-18(14-12-17)25-21(26)15-24-20-10-6-5-9-19(20)16-7-3-2-4-8-16/h2-14,24H,15H2,1H3,(H,23,27)(H,25,26). The number of anilines is 2. The van der Waals surface area contributed by atoms with Crippen LogP contribution >= 0.6 is 0 Å². The van der Waals surface area contributed by atoms with E-state index in [2.05, 4.69) is 16.0 Å². The normalized spacial score (nSPS) is 10.1. The second kappa shape index (κ2) is 8.67. The minimum Gasteiger partial charge on any atom is -0.376 e. The van der Waals surface area contributed by atoms with E-state index in [9.17, 15) is 9.59 Å². The topological polar surface area (TPSA) is 70.2 Å². The highest BCUT2D eigenvalue weighted by Crippen LogP contribution is 2.27. The van der Waals surface area contributed by atoms with Crippen molar-refractivity contribution in [2.24, 2.45) is 0 Å². The Morgan fingerprint density at radius 3 is 2.19 bits per heavy atom. The zero-order chi connectivity index (χ0) is 19.1. The van der Waals surface area contributed by atoms with Gasteiger partial charge in [-0.3, -0.25) is 9.59 Å². The maximum atomic E-state index is 12.3. The van der Waals surface area contributed by atoms with Crippen molar-refractivity contribution in [3.63, 3.8) is 0 Å². The first-order chi connectivity index (χ1) is 13.2. The van der Waals surface area contributed by atoms with Gasteiger partial charge in [0.25, 0.3) is 5.91 Å². The third-order valence-corrected chi connectivity index (χ3v) is 4.11. The third kappa shape index (κ3) is 4.73. The first-order valence-electron chi connectivity index (χ1n) is 8.67. The van der Waals surface area contributed by atoms with Crippen molar-refractivity contribution < 1.29 is 9.59 Å². The van der Waals surface area contributed by atoms with E-state index in [1.807, 2.05) is 54.6 Å². The molecule has 0 unspecified atom stereocenters. The van der Waals surface area contributed by atoms with E-state index in [4.69, 9.17) is 0 Å². The Bertz CT molecular complexity index is 922. The van der Waals surface area contributed by atoms with Crippen molar-refractivity contribution in [3.8, 4) is 11.1 Å². The second-order valence-electron chi connectivity index (χ2n) is 5.97. The SMILES string of the molecule is CNC(=O)c1ccc(NC(=O)CNc2ccccc2-c2ccccc2)cc1. The molecule has 3 rings (SSSR count). The Hall–Kier alpha value is -3.60. The molecule has 0 saturated heterocycles. The van der Waals surface area contributed by atoms with Crippen molar-refractivity contribution in [2.45, 2.75) is 0 Å². The Kier molecular flexibility index (Phi) is 5.84. The largest absolute Gasteiger partial charge is 0.376 e. The molecule has 0 spiro atoms. The van der Waals surface area contributed by atoms with Gasteiger partial charge in [-0.1, -0.05) is 48.5 Å². The van der Waals surface area contributed by atoms with Gasteiger partial charge < -0.3 is 16.0 Å². The van der Waals surface area contributed by atoms with E-state index in [-0.39, 0.29) is 18.4 Å². The number of hydrogen-bond acceptors (Lipinski definition) is 3. The third-order valence-electron chi connectivity index (χ3n) is 4.11. The van der Waals surface area contributed by atoms with E-state index < -0.39 is 0 Å². The molecule has 0 aliphatic heterocycles. The number of benzene rings is 3. The van der Waals surface area contributed by atoms with Gasteiger partial charge in [0.1, 0.15) is 0 Å². The summed E-state index contributed by atoms with van der Waals surface area (Å²) in [5.74, 6) is -0.322. The van der Waals surface area contributed by atoms with Crippen LogP contribution in [0.1, 0.15) is 10.4 Å². The van der Waals surface area contributed by atoms with Gasteiger partial charge in [-0.2, -0.15) is 0 Å². The summed E-state index contributed by atoms with van der Waals surface area (Å²) in [5.41, 5.74) is 4.22. The highest BCUT2D eigenvalue weighted by molar-refractivity contribution is 5.97. The van der Waals surface area contributed by atoms with E-state index in [0.717, 1.165) is 16.8 Å². The average molecular weight is 359 g/mol. The fraction of sp³-hybridized carbons (Fsp3) is 0.0909. The highest BCUT2D eigenvalue weighted by atomic mass is 16.2. The van der Waals surface area contributed by atoms with E-state index in [1.54, 1.807) is 31.3 Å². The van der Waals surface area contributed by atoms with Crippen molar-refractivity contribution in [1.29, 1.82) is 0 Å². The molecule has 0 heterocycles. The predicted octanol–water partition coefficient (Wildman–Crippen LogP) is 3.76. The number of nitrogens with one attached hydrogen (secondary N) is 3. The molecule has 3 aromatic rings. The number of rotatable bonds is 6. The van der Waals surface area contributed by atoms with Crippen molar-refractivity contribution in [1.82, 2.24) is 5.32 Å². The van der Waals surface area contributed by atoms with Crippen LogP contribution in [-0.2, 0) is 4.79 Å². The molecule has 2 amide bonds. The summed E-state index contributed by atoms with van der Waals surface area (Å²) < 4.78 is 0. The van der Waals surface area contributed by atoms with Crippen LogP contribution in [0.2, 0.25) is 0 Å². The number of carbonyl (C=O) groups excluding carboxylic acids is 2. The molecule has 136 valence electrons. The molecule has 5 nitrogen and oxygen atoms in total. The van der Waals surface area contributed by atoms with E-state index in [1.165, 1.54) is 0 Å². The summed E-state index contributed by atoms with van der Waals surface area (Å²) in [6, 6.07) is 24.7. The fourth-order valence-corrected chi connectivity index (χ4v) is 2.74. The first-order valence-corrected chi connectivity index (χ1v) is 8.67. The summed E-state index contributed by atoms with van der Waals surface area (Å²) in [6.45, 7) is 0.140. The van der Waals surface area contributed by atoms with Crippen LogP contribution in [0.25, 0.3) is 11.1 Å². The summed E-state index contributed by atoms with van der Waals surface area (Å²) in [4.78, 5) is 23.8. The Morgan fingerprint density at radius 1 is 0.815 bits per heavy atom. The molecule has 0 aromatic heterocycles. The average Bonchev–Trinajstić information content (AvgIpc) is 2.73.